The molecule has 0 spiro atoms. The van der Waals surface area contributed by atoms with E-state index in [0.29, 0.717) is 5.71 Å². The fourth-order valence-electron chi connectivity index (χ4n) is 1.98. The van der Waals surface area contributed by atoms with E-state index in [-0.39, 0.29) is 13.0 Å². The maximum atomic E-state index is 13.6. The highest BCUT2D eigenvalue weighted by Gasteiger charge is 2.44. The Hall–Kier alpha value is -1.50. The molecule has 7 heteroatoms. The first-order valence-electron chi connectivity index (χ1n) is 6.46. The monoisotopic (exact) mass is 361 g/mol. The first-order valence-corrected chi connectivity index (χ1v) is 7.25. The molecule has 0 aromatic heterocycles. The third-order valence-corrected chi connectivity index (χ3v) is 3.44. The van der Waals surface area contributed by atoms with Crippen LogP contribution in [-0.2, 0) is 14.4 Å². The van der Waals surface area contributed by atoms with E-state index in [1.807, 2.05) is 24.3 Å². The van der Waals surface area contributed by atoms with Crippen LogP contribution in [0.3, 0.4) is 0 Å². The van der Waals surface area contributed by atoms with Crippen LogP contribution in [0.5, 0.6) is 0 Å². The molecule has 0 radical (unpaired) electrons. The van der Waals surface area contributed by atoms with E-state index in [2.05, 4.69) is 25.8 Å². The van der Waals surface area contributed by atoms with E-state index in [0.717, 1.165) is 10.0 Å². The summed E-state index contributed by atoms with van der Waals surface area (Å²) >= 11 is 3.33. The summed E-state index contributed by atoms with van der Waals surface area (Å²) in [6, 6.07) is 7.32. The molecule has 1 aromatic carbocycles. The summed E-state index contributed by atoms with van der Waals surface area (Å²) in [5.74, 6) is -5.09. The molecule has 21 heavy (non-hydrogen) atoms. The molecule has 0 amide bonds. The SMILES string of the molecule is CCOC(=O)C(F)(F)CC1CC(c2cccc(Br)c2)=NO1. The average molecular weight is 362 g/mol. The van der Waals surface area contributed by atoms with E-state index in [4.69, 9.17) is 4.84 Å². The Bertz CT molecular complexity index is 563. The second-order valence-electron chi connectivity index (χ2n) is 4.61. The average Bonchev–Trinajstić information content (AvgIpc) is 2.87. The van der Waals surface area contributed by atoms with E-state index in [1.165, 1.54) is 6.92 Å². The Morgan fingerprint density at radius 3 is 3.00 bits per heavy atom. The van der Waals surface area contributed by atoms with E-state index in [1.54, 1.807) is 0 Å². The highest BCUT2D eigenvalue weighted by atomic mass is 79.9. The van der Waals surface area contributed by atoms with Gasteiger partial charge in [0.1, 0.15) is 6.10 Å². The van der Waals surface area contributed by atoms with Crippen LogP contribution in [-0.4, -0.2) is 30.3 Å². The summed E-state index contributed by atoms with van der Waals surface area (Å²) in [4.78, 5) is 16.2. The van der Waals surface area contributed by atoms with E-state index in [9.17, 15) is 13.6 Å². The summed E-state index contributed by atoms with van der Waals surface area (Å²) in [6.07, 6.45) is -1.35. The highest BCUT2D eigenvalue weighted by Crippen LogP contribution is 2.29. The van der Waals surface area contributed by atoms with Crippen molar-refractivity contribution in [3.63, 3.8) is 0 Å². The van der Waals surface area contributed by atoms with Crippen molar-refractivity contribution in [1.29, 1.82) is 0 Å². The van der Waals surface area contributed by atoms with Gasteiger partial charge in [-0.15, -0.1) is 0 Å². The maximum absolute atomic E-state index is 13.6. The first-order chi connectivity index (χ1) is 9.92. The molecule has 1 unspecified atom stereocenters. The van der Waals surface area contributed by atoms with Crippen LogP contribution in [0.1, 0.15) is 25.3 Å². The second kappa shape index (κ2) is 6.51. The van der Waals surface area contributed by atoms with Crippen LogP contribution < -0.4 is 0 Å². The van der Waals surface area contributed by atoms with Crippen LogP contribution in [0.2, 0.25) is 0 Å². The third kappa shape index (κ3) is 4.00. The summed E-state index contributed by atoms with van der Waals surface area (Å²) in [5, 5.41) is 3.83. The minimum Gasteiger partial charge on any atom is -0.462 e. The van der Waals surface area contributed by atoms with Gasteiger partial charge in [0.15, 0.2) is 0 Å². The van der Waals surface area contributed by atoms with Gasteiger partial charge < -0.3 is 9.57 Å². The molecule has 4 nitrogen and oxygen atoms in total. The van der Waals surface area contributed by atoms with Crippen LogP contribution >= 0.6 is 15.9 Å². The van der Waals surface area contributed by atoms with Crippen molar-refractivity contribution < 1.29 is 23.1 Å². The molecular formula is C14H14BrF2NO3. The molecule has 0 saturated heterocycles. The number of hydrogen-bond acceptors (Lipinski definition) is 4. The second-order valence-corrected chi connectivity index (χ2v) is 5.52. The minimum absolute atomic E-state index is 0.0836. The number of hydrogen-bond donors (Lipinski definition) is 0. The van der Waals surface area contributed by atoms with Crippen molar-refractivity contribution in [1.82, 2.24) is 0 Å². The van der Waals surface area contributed by atoms with Crippen molar-refractivity contribution in [3.05, 3.63) is 34.3 Å². The predicted octanol–water partition coefficient (Wildman–Crippen LogP) is 3.53. The number of carbonyl (C=O) groups is 1. The van der Waals surface area contributed by atoms with Crippen LogP contribution in [0.4, 0.5) is 8.78 Å². The molecule has 2 rings (SSSR count). The first kappa shape index (κ1) is 15.9. The van der Waals surface area contributed by atoms with Crippen LogP contribution in [0, 0.1) is 0 Å². The van der Waals surface area contributed by atoms with Crippen LogP contribution in [0.25, 0.3) is 0 Å². The summed E-state index contributed by atoms with van der Waals surface area (Å²) in [7, 11) is 0. The lowest BCUT2D eigenvalue weighted by atomic mass is 10.0. The molecule has 1 aliphatic rings. The lowest BCUT2D eigenvalue weighted by Gasteiger charge is -2.17. The Morgan fingerprint density at radius 1 is 1.57 bits per heavy atom. The van der Waals surface area contributed by atoms with Gasteiger partial charge in [-0.05, 0) is 19.1 Å². The zero-order valence-corrected chi connectivity index (χ0v) is 12.9. The topological polar surface area (TPSA) is 47.9 Å². The molecule has 0 fully saturated rings. The van der Waals surface area contributed by atoms with Crippen molar-refractivity contribution in [2.75, 3.05) is 6.61 Å². The summed E-state index contributed by atoms with van der Waals surface area (Å²) < 4.78 is 32.5. The van der Waals surface area contributed by atoms with Gasteiger partial charge in [-0.2, -0.15) is 8.78 Å². The summed E-state index contributed by atoms with van der Waals surface area (Å²) in [6.45, 7) is 1.40. The molecule has 1 heterocycles. The number of oxime groups is 1. The summed E-state index contributed by atoms with van der Waals surface area (Å²) in [5.41, 5.74) is 1.38. The zero-order valence-electron chi connectivity index (χ0n) is 11.3. The van der Waals surface area contributed by atoms with Gasteiger partial charge in [-0.25, -0.2) is 4.79 Å². The third-order valence-electron chi connectivity index (χ3n) is 2.95. The number of carbonyl (C=O) groups excluding carboxylic acids is 1. The van der Waals surface area contributed by atoms with Crippen molar-refractivity contribution in [2.24, 2.45) is 5.16 Å². The number of rotatable bonds is 5. The predicted molar refractivity (Wildman–Crippen MR) is 76.4 cm³/mol. The number of halogens is 3. The van der Waals surface area contributed by atoms with Crippen molar-refractivity contribution in [3.8, 4) is 0 Å². The quantitative estimate of drug-likeness (QED) is 0.753. The molecule has 114 valence electrons. The van der Waals surface area contributed by atoms with Gasteiger partial charge >= 0.3 is 11.9 Å². The van der Waals surface area contributed by atoms with Crippen LogP contribution in [0.15, 0.2) is 33.9 Å². The Morgan fingerprint density at radius 2 is 2.33 bits per heavy atom. The largest absolute Gasteiger partial charge is 0.462 e. The molecule has 1 atom stereocenters. The molecule has 0 saturated carbocycles. The van der Waals surface area contributed by atoms with Crippen molar-refractivity contribution in [2.45, 2.75) is 31.8 Å². The molecule has 1 aromatic rings. The smallest absolute Gasteiger partial charge is 0.377 e. The van der Waals surface area contributed by atoms with Gasteiger partial charge in [-0.1, -0.05) is 33.2 Å². The van der Waals surface area contributed by atoms with Gasteiger partial charge in [0.05, 0.1) is 18.7 Å². The minimum atomic E-state index is -3.57. The van der Waals surface area contributed by atoms with E-state index >= 15 is 0 Å². The standard InChI is InChI=1S/C14H14BrF2NO3/c1-2-20-13(19)14(16,17)8-11-7-12(18-21-11)9-4-3-5-10(15)6-9/h3-6,11H,2,7-8H2,1H3. The number of benzene rings is 1. The lowest BCUT2D eigenvalue weighted by Crippen LogP contribution is -2.35. The Kier molecular flexibility index (Phi) is 4.92. The molecule has 0 bridgehead atoms. The van der Waals surface area contributed by atoms with Crippen molar-refractivity contribution >= 4 is 27.6 Å². The number of esters is 1. The number of nitrogens with zero attached hydrogens (tertiary/aromatic N) is 1. The van der Waals surface area contributed by atoms with Gasteiger partial charge in [0, 0.05) is 16.5 Å². The fourth-order valence-corrected chi connectivity index (χ4v) is 2.38. The Labute approximate surface area is 129 Å². The lowest BCUT2D eigenvalue weighted by molar-refractivity contribution is -0.176. The van der Waals surface area contributed by atoms with E-state index < -0.39 is 24.4 Å². The molecule has 1 aliphatic heterocycles. The highest BCUT2D eigenvalue weighted by molar-refractivity contribution is 9.10. The Balaban J connectivity index is 1.97. The normalized spacial score (nSPS) is 18.1. The number of ether oxygens (including phenoxy) is 1. The molecular weight excluding hydrogens is 348 g/mol. The zero-order chi connectivity index (χ0) is 15.5. The molecule has 0 N–H and O–H groups in total. The maximum Gasteiger partial charge on any atom is 0.377 e. The molecule has 0 aliphatic carbocycles. The number of alkyl halides is 2. The fraction of sp³-hybridized carbons (Fsp3) is 0.429. The van der Waals surface area contributed by atoms with Gasteiger partial charge in [0.2, 0.25) is 0 Å². The van der Waals surface area contributed by atoms with Gasteiger partial charge in [0.25, 0.3) is 0 Å². The van der Waals surface area contributed by atoms with Gasteiger partial charge in [-0.3, -0.25) is 0 Å².